The number of hydrogen-bond donors (Lipinski definition) is 1. The van der Waals surface area contributed by atoms with Crippen LogP contribution < -0.4 is 0 Å². The molecule has 2 amide bonds. The van der Waals surface area contributed by atoms with E-state index in [1.807, 2.05) is 27.8 Å². The van der Waals surface area contributed by atoms with Crippen molar-refractivity contribution in [2.45, 2.75) is 51.2 Å². The molecule has 0 aliphatic carbocycles. The number of amides is 2. The van der Waals surface area contributed by atoms with Crippen molar-refractivity contribution in [2.24, 2.45) is 0 Å². The Hall–Kier alpha value is -3.87. The molecule has 2 aromatic carbocycles. The zero-order valence-corrected chi connectivity index (χ0v) is 20.7. The summed E-state index contributed by atoms with van der Waals surface area (Å²) in [4.78, 5) is 38.7. The van der Waals surface area contributed by atoms with Crippen molar-refractivity contribution >= 4 is 22.7 Å². The van der Waals surface area contributed by atoms with Crippen LogP contribution in [-0.4, -0.2) is 55.3 Å². The number of aryl methyl sites for hydroxylation is 1. The molecule has 0 spiro atoms. The minimum absolute atomic E-state index is 0.00414. The maximum atomic E-state index is 13.8. The van der Waals surface area contributed by atoms with Crippen LogP contribution in [0.4, 0.5) is 0 Å². The number of hydrogen-bond acceptors (Lipinski definition) is 3. The number of aromatic amines is 1. The fraction of sp³-hybridized carbons (Fsp3) is 0.345. The van der Waals surface area contributed by atoms with E-state index in [0.717, 1.165) is 40.7 Å². The number of nitrogens with zero attached hydrogens (tertiary/aromatic N) is 4. The molecule has 0 unspecified atom stereocenters. The molecular formula is C29H31N5O2. The predicted octanol–water partition coefficient (Wildman–Crippen LogP) is 4.26. The molecule has 7 heteroatoms. The maximum Gasteiger partial charge on any atom is 0.246 e. The van der Waals surface area contributed by atoms with E-state index in [1.165, 1.54) is 5.56 Å². The number of piperazine rings is 1. The van der Waals surface area contributed by atoms with E-state index >= 15 is 0 Å². The van der Waals surface area contributed by atoms with Crippen molar-refractivity contribution in [3.63, 3.8) is 0 Å². The highest BCUT2D eigenvalue weighted by molar-refractivity contribution is 5.97. The predicted molar refractivity (Wildman–Crippen MR) is 138 cm³/mol. The molecule has 2 aromatic heterocycles. The number of carbonyl (C=O) groups excluding carboxylic acids is 2. The summed E-state index contributed by atoms with van der Waals surface area (Å²) in [5.41, 5.74) is 5.51. The molecule has 0 bridgehead atoms. The lowest BCUT2D eigenvalue weighted by Gasteiger charge is -2.47. The van der Waals surface area contributed by atoms with E-state index in [-0.39, 0.29) is 24.4 Å². The Labute approximate surface area is 210 Å². The van der Waals surface area contributed by atoms with E-state index in [4.69, 9.17) is 0 Å². The summed E-state index contributed by atoms with van der Waals surface area (Å²) >= 11 is 0. The minimum atomic E-state index is -0.499. The highest BCUT2D eigenvalue weighted by Gasteiger charge is 2.48. The molecule has 2 aliphatic rings. The van der Waals surface area contributed by atoms with Gasteiger partial charge in [0.2, 0.25) is 11.8 Å². The Morgan fingerprint density at radius 3 is 2.61 bits per heavy atom. The van der Waals surface area contributed by atoms with Gasteiger partial charge >= 0.3 is 0 Å². The van der Waals surface area contributed by atoms with E-state index < -0.39 is 6.04 Å². The quantitative estimate of drug-likeness (QED) is 0.447. The number of aromatic nitrogens is 3. The van der Waals surface area contributed by atoms with Crippen molar-refractivity contribution in [1.29, 1.82) is 0 Å². The lowest BCUT2D eigenvalue weighted by molar-refractivity contribution is -0.158. The summed E-state index contributed by atoms with van der Waals surface area (Å²) in [5.74, 6) is 0.473. The largest absolute Gasteiger partial charge is 0.356 e. The van der Waals surface area contributed by atoms with E-state index in [2.05, 4.69) is 60.2 Å². The summed E-state index contributed by atoms with van der Waals surface area (Å²) < 4.78 is 2.00. The zero-order chi connectivity index (χ0) is 24.8. The molecule has 1 fully saturated rings. The lowest BCUT2D eigenvalue weighted by atomic mass is 9.85. The van der Waals surface area contributed by atoms with Crippen LogP contribution in [0.25, 0.3) is 10.9 Å². The van der Waals surface area contributed by atoms with Gasteiger partial charge in [-0.15, -0.1) is 0 Å². The van der Waals surface area contributed by atoms with Crippen LogP contribution in [0.3, 0.4) is 0 Å². The molecule has 184 valence electrons. The Kier molecular flexibility index (Phi) is 5.63. The van der Waals surface area contributed by atoms with Gasteiger partial charge in [-0.2, -0.15) is 0 Å². The standard InChI is InChI=1S/C29H31N5O2/c1-19(2)20-8-10-21(11-9-20)28-27-23(22-6-3-4-7-24(22)31-27)16-25-29(36)33(17-26(35)34(25)28)14-5-13-32-15-12-30-18-32/h3-4,6-12,15,18-19,25,28,31H,5,13-14,16-17H2,1-2H3/t25-,28+/m1/s1. The third kappa shape index (κ3) is 3.79. The first-order valence-electron chi connectivity index (χ1n) is 12.8. The third-order valence-electron chi connectivity index (χ3n) is 7.66. The van der Waals surface area contributed by atoms with Gasteiger partial charge in [-0.25, -0.2) is 4.98 Å². The number of imidazole rings is 1. The number of rotatable bonds is 6. The molecule has 6 rings (SSSR count). The van der Waals surface area contributed by atoms with Crippen LogP contribution in [0.5, 0.6) is 0 Å². The van der Waals surface area contributed by atoms with Crippen molar-refractivity contribution in [1.82, 2.24) is 24.3 Å². The average Bonchev–Trinajstić information content (AvgIpc) is 3.53. The molecule has 4 aromatic rings. The highest BCUT2D eigenvalue weighted by atomic mass is 16.2. The van der Waals surface area contributed by atoms with Gasteiger partial charge in [-0.3, -0.25) is 9.59 Å². The number of nitrogens with one attached hydrogen (secondary N) is 1. The molecule has 1 N–H and O–H groups in total. The smallest absolute Gasteiger partial charge is 0.246 e. The second kappa shape index (κ2) is 8.97. The van der Waals surface area contributed by atoms with Gasteiger partial charge in [0.25, 0.3) is 0 Å². The van der Waals surface area contributed by atoms with Gasteiger partial charge in [0.15, 0.2) is 0 Å². The topological polar surface area (TPSA) is 74.2 Å². The lowest BCUT2D eigenvalue weighted by Crippen LogP contribution is -2.63. The first-order valence-corrected chi connectivity index (χ1v) is 12.8. The van der Waals surface area contributed by atoms with Crippen LogP contribution in [0.15, 0.2) is 67.3 Å². The number of H-pyrrole nitrogens is 1. The zero-order valence-electron chi connectivity index (χ0n) is 20.7. The Morgan fingerprint density at radius 2 is 1.86 bits per heavy atom. The van der Waals surface area contributed by atoms with Gasteiger partial charge in [-0.05, 0) is 35.1 Å². The molecule has 1 saturated heterocycles. The average molecular weight is 482 g/mol. The van der Waals surface area contributed by atoms with Crippen LogP contribution >= 0.6 is 0 Å². The Bertz CT molecular complexity index is 1400. The molecule has 7 nitrogen and oxygen atoms in total. The van der Waals surface area contributed by atoms with Gasteiger partial charge < -0.3 is 19.4 Å². The van der Waals surface area contributed by atoms with Gasteiger partial charge in [-0.1, -0.05) is 56.3 Å². The molecule has 2 aliphatic heterocycles. The van der Waals surface area contributed by atoms with Crippen LogP contribution in [-0.2, 0) is 22.6 Å². The van der Waals surface area contributed by atoms with Crippen molar-refractivity contribution < 1.29 is 9.59 Å². The van der Waals surface area contributed by atoms with Gasteiger partial charge in [0, 0.05) is 48.5 Å². The highest BCUT2D eigenvalue weighted by Crippen LogP contribution is 2.42. The van der Waals surface area contributed by atoms with E-state index in [0.29, 0.717) is 18.9 Å². The molecule has 2 atom stereocenters. The molecule has 0 saturated carbocycles. The van der Waals surface area contributed by atoms with Crippen LogP contribution in [0.1, 0.15) is 54.6 Å². The molecule has 4 heterocycles. The first-order chi connectivity index (χ1) is 17.5. The van der Waals surface area contributed by atoms with Gasteiger partial charge in [0.1, 0.15) is 6.04 Å². The van der Waals surface area contributed by atoms with E-state index in [1.54, 1.807) is 17.4 Å². The summed E-state index contributed by atoms with van der Waals surface area (Å²) in [7, 11) is 0. The monoisotopic (exact) mass is 481 g/mol. The summed E-state index contributed by atoms with van der Waals surface area (Å²) in [6.07, 6.45) is 6.75. The van der Waals surface area contributed by atoms with E-state index in [9.17, 15) is 9.59 Å². The summed E-state index contributed by atoms with van der Waals surface area (Å²) in [6, 6.07) is 15.9. The Balaban J connectivity index is 1.36. The Morgan fingerprint density at radius 1 is 1.06 bits per heavy atom. The summed E-state index contributed by atoms with van der Waals surface area (Å²) in [5, 5.41) is 1.13. The second-order valence-electron chi connectivity index (χ2n) is 10.2. The van der Waals surface area contributed by atoms with Crippen molar-refractivity contribution in [3.8, 4) is 0 Å². The normalized spacial score (nSPS) is 19.8. The number of benzene rings is 2. The summed E-state index contributed by atoms with van der Waals surface area (Å²) in [6.45, 7) is 5.80. The maximum absolute atomic E-state index is 13.8. The molecular weight excluding hydrogens is 450 g/mol. The van der Waals surface area contributed by atoms with Crippen molar-refractivity contribution in [3.05, 3.63) is 89.6 Å². The van der Waals surface area contributed by atoms with Crippen LogP contribution in [0.2, 0.25) is 0 Å². The number of fused-ring (bicyclic) bond motifs is 4. The fourth-order valence-corrected chi connectivity index (χ4v) is 5.79. The molecule has 0 radical (unpaired) electrons. The number of carbonyl (C=O) groups is 2. The molecule has 36 heavy (non-hydrogen) atoms. The SMILES string of the molecule is CC(C)c1ccc([C@H]2c3[nH]c4ccccc4c3C[C@@H]3C(=O)N(CCCn4ccnc4)CC(=O)N23)cc1. The first kappa shape index (κ1) is 22.6. The van der Waals surface area contributed by atoms with Crippen LogP contribution in [0, 0.1) is 0 Å². The van der Waals surface area contributed by atoms with Crippen molar-refractivity contribution in [2.75, 3.05) is 13.1 Å². The minimum Gasteiger partial charge on any atom is -0.356 e. The van der Waals surface area contributed by atoms with Gasteiger partial charge in [0.05, 0.1) is 18.9 Å². The fourth-order valence-electron chi connectivity index (χ4n) is 5.79. The second-order valence-corrected chi connectivity index (χ2v) is 10.2. The number of para-hydroxylation sites is 1. The third-order valence-corrected chi connectivity index (χ3v) is 7.66.